The van der Waals surface area contributed by atoms with Gasteiger partial charge in [-0.1, -0.05) is 13.3 Å². The van der Waals surface area contributed by atoms with Crippen LogP contribution in [0.1, 0.15) is 19.8 Å². The van der Waals surface area contributed by atoms with Crippen molar-refractivity contribution >= 4 is 23.7 Å². The van der Waals surface area contributed by atoms with Gasteiger partial charge >= 0.3 is 34.3 Å². The minimum atomic E-state index is -0.986. The van der Waals surface area contributed by atoms with Gasteiger partial charge in [0, 0.05) is 12.3 Å². The van der Waals surface area contributed by atoms with E-state index in [2.05, 4.69) is 6.92 Å². The van der Waals surface area contributed by atoms with E-state index in [-0.39, 0.29) is 13.1 Å². The summed E-state index contributed by atoms with van der Waals surface area (Å²) in [6.45, 7) is 2.20. The van der Waals surface area contributed by atoms with E-state index in [9.17, 15) is 9.59 Å². The predicted molar refractivity (Wildman–Crippen MR) is 64.6 cm³/mol. The summed E-state index contributed by atoms with van der Waals surface area (Å²) in [6.07, 6.45) is 2.28. The molecule has 2 N–H and O–H groups in total. The molecule has 18 heavy (non-hydrogen) atoms. The summed E-state index contributed by atoms with van der Waals surface area (Å²) in [6, 6.07) is 0. The van der Waals surface area contributed by atoms with Gasteiger partial charge in [-0.25, -0.2) is 0 Å². The van der Waals surface area contributed by atoms with Crippen molar-refractivity contribution in [2.45, 2.75) is 19.8 Å². The summed E-state index contributed by atoms with van der Waals surface area (Å²) in [4.78, 5) is 22.4. The van der Waals surface area contributed by atoms with Crippen molar-refractivity contribution < 1.29 is 42.2 Å². The molecule has 6 nitrogen and oxygen atoms in total. The first kappa shape index (κ1) is 20.0. The SMILES string of the molecule is CCCCSCCN(CC(=O)O)CC(=O)O.[O]=[99Tc]. The average Bonchev–Trinajstić information content (AvgIpc) is 2.29. The van der Waals surface area contributed by atoms with E-state index in [1.807, 2.05) is 0 Å². The topological polar surface area (TPSA) is 94.9 Å². The molecule has 0 rings (SSSR count). The van der Waals surface area contributed by atoms with Crippen molar-refractivity contribution in [1.82, 2.24) is 4.90 Å². The minimum absolute atomic E-state index is 0.208. The van der Waals surface area contributed by atoms with E-state index in [0.29, 0.717) is 6.54 Å². The van der Waals surface area contributed by atoms with Gasteiger partial charge in [-0.3, -0.25) is 14.5 Å². The van der Waals surface area contributed by atoms with Gasteiger partial charge in [-0.2, -0.15) is 11.8 Å². The fourth-order valence-electron chi connectivity index (χ4n) is 1.14. The zero-order valence-electron chi connectivity index (χ0n) is 10.3. The second kappa shape index (κ2) is 14.8. The first-order chi connectivity index (χ1) is 8.56. The Hall–Kier alpha value is -0.301. The number of hydrogen-bond donors (Lipinski definition) is 2. The van der Waals surface area contributed by atoms with Crippen LogP contribution < -0.4 is 0 Å². The van der Waals surface area contributed by atoms with Gasteiger partial charge < -0.3 is 10.2 Å². The molecule has 0 amide bonds. The van der Waals surface area contributed by atoms with Crippen LogP contribution in [0.25, 0.3) is 0 Å². The van der Waals surface area contributed by atoms with Crippen LogP contribution in [-0.4, -0.2) is 58.2 Å². The quantitative estimate of drug-likeness (QED) is 0.556. The van der Waals surface area contributed by atoms with Crippen molar-refractivity contribution in [2.75, 3.05) is 31.1 Å². The first-order valence-corrected chi connectivity index (χ1v) is 7.36. The molecule has 0 saturated carbocycles. The third-order valence-electron chi connectivity index (χ3n) is 1.91. The zero-order valence-corrected chi connectivity index (χ0v) is 13.0. The second-order valence-corrected chi connectivity index (χ2v) is 4.69. The molecule has 8 heteroatoms. The maximum atomic E-state index is 10.5. The molecule has 0 aromatic carbocycles. The number of carbonyl (C=O) groups is 2. The molecule has 0 aliphatic carbocycles. The molecule has 107 valence electrons. The van der Waals surface area contributed by atoms with E-state index in [1.165, 1.54) is 4.90 Å². The standard InChI is InChI=1S/C10H19NO4S.O.Tc/c1-2-3-5-16-6-4-11(7-9(12)13)8-10(14)15;;/h2-8H2,1H3,(H,12,13)(H,14,15);;/i;;1+1. The number of carboxylic acid groups (broad SMARTS) is 2. The number of rotatable bonds is 10. The summed E-state index contributed by atoms with van der Waals surface area (Å²) in [5, 5.41) is 17.2. The van der Waals surface area contributed by atoms with Crippen molar-refractivity contribution in [3.05, 3.63) is 0 Å². The zero-order chi connectivity index (χ0) is 14.4. The molecule has 0 aromatic rings. The predicted octanol–water partition coefficient (Wildman–Crippen LogP) is 0.870. The Morgan fingerprint density at radius 3 is 2.00 bits per heavy atom. The molecule has 0 radical (unpaired) electrons. The average molecular weight is 364 g/mol. The first-order valence-electron chi connectivity index (χ1n) is 5.45. The van der Waals surface area contributed by atoms with Gasteiger partial charge in [0.15, 0.2) is 0 Å². The van der Waals surface area contributed by atoms with E-state index >= 15 is 0 Å². The molecule has 0 bridgehead atoms. The molecule has 0 saturated heterocycles. The van der Waals surface area contributed by atoms with Crippen molar-refractivity contribution in [2.24, 2.45) is 0 Å². The van der Waals surface area contributed by atoms with Crippen molar-refractivity contribution in [3.63, 3.8) is 0 Å². The Morgan fingerprint density at radius 1 is 1.11 bits per heavy atom. The van der Waals surface area contributed by atoms with E-state index in [4.69, 9.17) is 13.7 Å². The van der Waals surface area contributed by atoms with Crippen LogP contribution in [0.15, 0.2) is 0 Å². The number of carboxylic acids is 2. The Balaban J connectivity index is 0. The number of thioether (sulfide) groups is 1. The third-order valence-corrected chi connectivity index (χ3v) is 2.96. The summed E-state index contributed by atoms with van der Waals surface area (Å²) < 4.78 is 8.22. The molecular weight excluding hydrogens is 345 g/mol. The molecular formula is C10H19NO5STc. The van der Waals surface area contributed by atoms with Crippen molar-refractivity contribution in [3.8, 4) is 0 Å². The normalized spacial score (nSPS) is 9.67. The number of aliphatic carboxylic acids is 2. The Kier molecular flexibility index (Phi) is 16.4. The molecule has 0 aromatic heterocycles. The fraction of sp³-hybridized carbons (Fsp3) is 0.800. The van der Waals surface area contributed by atoms with Crippen LogP contribution >= 0.6 is 11.8 Å². The molecule has 0 spiro atoms. The maximum absolute atomic E-state index is 10.5. The molecule has 0 aliphatic rings. The molecule has 0 heterocycles. The molecule has 0 atom stereocenters. The molecule has 0 fully saturated rings. The van der Waals surface area contributed by atoms with Crippen LogP contribution in [0.2, 0.25) is 0 Å². The Labute approximate surface area is 122 Å². The van der Waals surface area contributed by atoms with Gasteiger partial charge in [0.2, 0.25) is 0 Å². The van der Waals surface area contributed by atoms with Gasteiger partial charge in [0.1, 0.15) is 0 Å². The molecule has 0 unspecified atom stereocenters. The van der Waals surface area contributed by atoms with E-state index in [1.54, 1.807) is 11.8 Å². The number of nitrogens with zero attached hydrogens (tertiary/aromatic N) is 1. The summed E-state index contributed by atoms with van der Waals surface area (Å²) in [5.41, 5.74) is 0. The number of hydrogen-bond acceptors (Lipinski definition) is 5. The van der Waals surface area contributed by atoms with Crippen molar-refractivity contribution in [1.29, 1.82) is 0 Å². The van der Waals surface area contributed by atoms with Crippen LogP contribution in [0.3, 0.4) is 0 Å². The van der Waals surface area contributed by atoms with Gasteiger partial charge in [-0.15, -0.1) is 0 Å². The Bertz CT molecular complexity index is 226. The van der Waals surface area contributed by atoms with Gasteiger partial charge in [-0.05, 0) is 12.2 Å². The van der Waals surface area contributed by atoms with Gasteiger partial charge in [0.05, 0.1) is 13.1 Å². The van der Waals surface area contributed by atoms with Crippen LogP contribution in [-0.2, 0) is 31.9 Å². The van der Waals surface area contributed by atoms with Gasteiger partial charge in [0.25, 0.3) is 0 Å². The molecule has 0 aliphatic heterocycles. The van der Waals surface area contributed by atoms with E-state index in [0.717, 1.165) is 43.2 Å². The van der Waals surface area contributed by atoms with Crippen LogP contribution in [0, 0.1) is 0 Å². The summed E-state index contributed by atoms with van der Waals surface area (Å²) in [5.74, 6) is -0.148. The monoisotopic (exact) mass is 364 g/mol. The fourth-order valence-corrected chi connectivity index (χ4v) is 2.22. The second-order valence-electron chi connectivity index (χ2n) is 3.46. The summed E-state index contributed by atoms with van der Waals surface area (Å²) >= 11 is 2.63. The van der Waals surface area contributed by atoms with E-state index < -0.39 is 11.9 Å². The van der Waals surface area contributed by atoms with Crippen LogP contribution in [0.5, 0.6) is 0 Å². The van der Waals surface area contributed by atoms with Crippen LogP contribution in [0.4, 0.5) is 0 Å². The number of unbranched alkanes of at least 4 members (excludes halogenated alkanes) is 1. The Morgan fingerprint density at radius 2 is 1.61 bits per heavy atom. The summed E-state index contributed by atoms with van der Waals surface area (Å²) in [7, 11) is 0. The third kappa shape index (κ3) is 15.7.